The molecule has 1 saturated carbocycles. The molecule has 2 rings (SSSR count). The van der Waals surface area contributed by atoms with E-state index in [-0.39, 0.29) is 12.0 Å². The Balaban J connectivity index is 1.78. The Morgan fingerprint density at radius 1 is 1.25 bits per heavy atom. The summed E-state index contributed by atoms with van der Waals surface area (Å²) in [6.45, 7) is 6.74. The molecule has 1 saturated heterocycles. The highest BCUT2D eigenvalue weighted by Crippen LogP contribution is 2.29. The summed E-state index contributed by atoms with van der Waals surface area (Å²) in [7, 11) is 0. The maximum absolute atomic E-state index is 12.3. The Morgan fingerprint density at radius 2 is 2.00 bits per heavy atom. The maximum atomic E-state index is 12.3. The number of nitrogens with zero attached hydrogens (tertiary/aromatic N) is 1. The predicted molar refractivity (Wildman–Crippen MR) is 81.5 cm³/mol. The molecule has 0 bridgehead atoms. The molecule has 0 spiro atoms. The van der Waals surface area contributed by atoms with Crippen LogP contribution in [0.4, 0.5) is 0 Å². The van der Waals surface area contributed by atoms with E-state index in [1.54, 1.807) is 6.08 Å². The van der Waals surface area contributed by atoms with E-state index >= 15 is 0 Å². The fraction of sp³-hybridized carbons (Fsp3) is 0.824. The van der Waals surface area contributed by atoms with Gasteiger partial charge in [0.25, 0.3) is 0 Å². The van der Waals surface area contributed by atoms with Crippen molar-refractivity contribution in [3.63, 3.8) is 0 Å². The number of carbonyl (C=O) groups is 1. The minimum absolute atomic E-state index is 0.154. The van der Waals surface area contributed by atoms with Gasteiger partial charge >= 0.3 is 0 Å². The van der Waals surface area contributed by atoms with Crippen LogP contribution in [-0.2, 0) is 9.53 Å². The summed E-state index contributed by atoms with van der Waals surface area (Å²) in [6.07, 6.45) is 11.5. The molecule has 1 atom stereocenters. The van der Waals surface area contributed by atoms with E-state index in [0.717, 1.165) is 38.5 Å². The maximum Gasteiger partial charge on any atom is 0.246 e. The lowest BCUT2D eigenvalue weighted by Crippen LogP contribution is -2.36. The number of hydrogen-bond donors (Lipinski definition) is 0. The van der Waals surface area contributed by atoms with Crippen molar-refractivity contribution in [1.82, 2.24) is 4.90 Å². The molecular formula is C17H29NO2. The number of ether oxygens (including phenoxy) is 1. The van der Waals surface area contributed by atoms with Crippen LogP contribution in [0.1, 0.15) is 52.4 Å². The highest BCUT2D eigenvalue weighted by Gasteiger charge is 2.21. The monoisotopic (exact) mass is 279 g/mol. The van der Waals surface area contributed by atoms with Gasteiger partial charge in [0.15, 0.2) is 0 Å². The number of carbonyl (C=O) groups excluding carboxylic acids is 1. The fourth-order valence-corrected chi connectivity index (χ4v) is 3.21. The molecule has 1 amide bonds. The second kappa shape index (κ2) is 7.82. The van der Waals surface area contributed by atoms with Crippen molar-refractivity contribution in [2.45, 2.75) is 58.5 Å². The molecule has 3 heteroatoms. The van der Waals surface area contributed by atoms with Crippen molar-refractivity contribution in [3.8, 4) is 0 Å². The average molecular weight is 279 g/mol. The zero-order valence-electron chi connectivity index (χ0n) is 13.0. The minimum atomic E-state index is 0.154. The van der Waals surface area contributed by atoms with Crippen molar-refractivity contribution in [2.75, 3.05) is 19.7 Å². The van der Waals surface area contributed by atoms with Gasteiger partial charge in [-0.15, -0.1) is 0 Å². The Kier molecular flexibility index (Phi) is 6.08. The van der Waals surface area contributed by atoms with Gasteiger partial charge in [0, 0.05) is 19.7 Å². The highest BCUT2D eigenvalue weighted by atomic mass is 16.5. The first-order chi connectivity index (χ1) is 9.69. The summed E-state index contributed by atoms with van der Waals surface area (Å²) >= 11 is 0. The lowest BCUT2D eigenvalue weighted by atomic mass is 9.83. The van der Waals surface area contributed by atoms with Gasteiger partial charge in [-0.3, -0.25) is 4.79 Å². The van der Waals surface area contributed by atoms with Crippen LogP contribution in [0.5, 0.6) is 0 Å². The average Bonchev–Trinajstić information content (AvgIpc) is 2.97. The number of likely N-dealkylation sites (N-methyl/N-ethyl adjacent to an activating group) is 1. The van der Waals surface area contributed by atoms with Crippen molar-refractivity contribution < 1.29 is 9.53 Å². The molecule has 1 aliphatic heterocycles. The highest BCUT2D eigenvalue weighted by molar-refractivity contribution is 5.87. The van der Waals surface area contributed by atoms with E-state index in [1.165, 1.54) is 25.7 Å². The van der Waals surface area contributed by atoms with Crippen molar-refractivity contribution in [3.05, 3.63) is 12.2 Å². The van der Waals surface area contributed by atoms with Gasteiger partial charge in [-0.05, 0) is 50.5 Å². The molecule has 114 valence electrons. The molecule has 1 unspecified atom stereocenters. The largest absolute Gasteiger partial charge is 0.376 e. The van der Waals surface area contributed by atoms with E-state index in [4.69, 9.17) is 4.74 Å². The van der Waals surface area contributed by atoms with Crippen LogP contribution >= 0.6 is 0 Å². The third-order valence-corrected chi connectivity index (χ3v) is 4.71. The van der Waals surface area contributed by atoms with Gasteiger partial charge < -0.3 is 9.64 Å². The zero-order valence-corrected chi connectivity index (χ0v) is 13.0. The zero-order chi connectivity index (χ0) is 14.4. The minimum Gasteiger partial charge on any atom is -0.376 e. The Labute approximate surface area is 123 Å². The Bertz CT molecular complexity index is 326. The molecule has 0 aromatic carbocycles. The summed E-state index contributed by atoms with van der Waals surface area (Å²) in [5.74, 6) is 1.63. The molecule has 2 aliphatic rings. The van der Waals surface area contributed by atoms with Crippen molar-refractivity contribution in [1.29, 1.82) is 0 Å². The van der Waals surface area contributed by atoms with E-state index < -0.39 is 0 Å². The first-order valence-electron chi connectivity index (χ1n) is 8.27. The van der Waals surface area contributed by atoms with Gasteiger partial charge in [-0.1, -0.05) is 25.8 Å². The van der Waals surface area contributed by atoms with Crippen LogP contribution < -0.4 is 0 Å². The summed E-state index contributed by atoms with van der Waals surface area (Å²) in [6, 6.07) is 0. The molecule has 0 aromatic rings. The van der Waals surface area contributed by atoms with E-state index in [0.29, 0.717) is 5.92 Å². The lowest BCUT2D eigenvalue weighted by molar-refractivity contribution is -0.127. The molecule has 1 heterocycles. The molecular weight excluding hydrogens is 250 g/mol. The van der Waals surface area contributed by atoms with Crippen LogP contribution in [-0.4, -0.2) is 36.6 Å². The Hall–Kier alpha value is -0.830. The Morgan fingerprint density at radius 3 is 2.60 bits per heavy atom. The third kappa shape index (κ3) is 4.62. The number of hydrogen-bond acceptors (Lipinski definition) is 2. The summed E-state index contributed by atoms with van der Waals surface area (Å²) in [5, 5.41) is 0. The quantitative estimate of drug-likeness (QED) is 0.722. The molecule has 0 N–H and O–H groups in total. The first kappa shape index (κ1) is 15.6. The SMILES string of the molecule is CCN(CC1CCCO1)C(=O)/C=C/C1CCC(C)CC1. The smallest absolute Gasteiger partial charge is 0.246 e. The molecule has 0 radical (unpaired) electrons. The van der Waals surface area contributed by atoms with Crippen molar-refractivity contribution in [2.24, 2.45) is 11.8 Å². The normalized spacial score (nSPS) is 30.8. The van der Waals surface area contributed by atoms with Gasteiger partial charge in [-0.25, -0.2) is 0 Å². The fourth-order valence-electron chi connectivity index (χ4n) is 3.21. The molecule has 0 aromatic heterocycles. The number of rotatable bonds is 5. The summed E-state index contributed by atoms with van der Waals surface area (Å²) < 4.78 is 5.62. The lowest BCUT2D eigenvalue weighted by Gasteiger charge is -2.25. The van der Waals surface area contributed by atoms with Gasteiger partial charge in [0.2, 0.25) is 5.91 Å². The number of amides is 1. The molecule has 1 aliphatic carbocycles. The second-order valence-corrected chi connectivity index (χ2v) is 6.39. The van der Waals surface area contributed by atoms with Crippen LogP contribution in [0, 0.1) is 11.8 Å². The van der Waals surface area contributed by atoms with Crippen LogP contribution in [0.25, 0.3) is 0 Å². The van der Waals surface area contributed by atoms with Crippen LogP contribution in [0.15, 0.2) is 12.2 Å². The predicted octanol–water partition coefficient (Wildman–Crippen LogP) is 3.40. The van der Waals surface area contributed by atoms with E-state index in [9.17, 15) is 4.79 Å². The first-order valence-corrected chi connectivity index (χ1v) is 8.27. The van der Waals surface area contributed by atoms with Crippen LogP contribution in [0.3, 0.4) is 0 Å². The molecule has 3 nitrogen and oxygen atoms in total. The topological polar surface area (TPSA) is 29.5 Å². The third-order valence-electron chi connectivity index (χ3n) is 4.71. The van der Waals surface area contributed by atoms with Gasteiger partial charge in [0.1, 0.15) is 0 Å². The van der Waals surface area contributed by atoms with E-state index in [1.807, 2.05) is 11.8 Å². The van der Waals surface area contributed by atoms with E-state index in [2.05, 4.69) is 13.0 Å². The summed E-state index contributed by atoms with van der Waals surface area (Å²) in [4.78, 5) is 14.2. The van der Waals surface area contributed by atoms with Gasteiger partial charge in [0.05, 0.1) is 6.10 Å². The summed E-state index contributed by atoms with van der Waals surface area (Å²) in [5.41, 5.74) is 0. The number of allylic oxidation sites excluding steroid dienone is 1. The molecule has 20 heavy (non-hydrogen) atoms. The van der Waals surface area contributed by atoms with Crippen molar-refractivity contribution >= 4 is 5.91 Å². The van der Waals surface area contributed by atoms with Crippen LogP contribution in [0.2, 0.25) is 0 Å². The standard InChI is InChI=1S/C17H29NO2/c1-3-18(13-16-5-4-12-20-16)17(19)11-10-15-8-6-14(2)7-9-15/h10-11,14-16H,3-9,12-13H2,1-2H3/b11-10+. The second-order valence-electron chi connectivity index (χ2n) is 6.39. The molecule has 2 fully saturated rings. The van der Waals surface area contributed by atoms with Gasteiger partial charge in [-0.2, -0.15) is 0 Å².